The van der Waals surface area contributed by atoms with E-state index in [9.17, 15) is 0 Å². The van der Waals surface area contributed by atoms with Crippen LogP contribution in [0, 0.1) is 0 Å². The number of nitrogens with zero attached hydrogens (tertiary/aromatic N) is 2. The molecule has 29 heavy (non-hydrogen) atoms. The van der Waals surface area contributed by atoms with Gasteiger partial charge in [-0.3, -0.25) is 0 Å². The van der Waals surface area contributed by atoms with Crippen molar-refractivity contribution in [2.75, 3.05) is 30.8 Å². The van der Waals surface area contributed by atoms with Crippen molar-refractivity contribution in [3.8, 4) is 5.88 Å². The highest BCUT2D eigenvalue weighted by molar-refractivity contribution is 5.67. The Morgan fingerprint density at radius 2 is 1.93 bits per heavy atom. The van der Waals surface area contributed by atoms with Crippen LogP contribution in [0.3, 0.4) is 0 Å². The van der Waals surface area contributed by atoms with Crippen molar-refractivity contribution < 1.29 is 4.74 Å². The molecule has 0 radical (unpaired) electrons. The molecule has 1 aromatic carbocycles. The lowest BCUT2D eigenvalue weighted by Gasteiger charge is -2.35. The number of anilines is 2. The van der Waals surface area contributed by atoms with Gasteiger partial charge in [-0.1, -0.05) is 43.3 Å². The smallest absolute Gasteiger partial charge is 0.212 e. The van der Waals surface area contributed by atoms with Crippen LogP contribution in [0.25, 0.3) is 0 Å². The second kappa shape index (κ2) is 8.92. The molecule has 0 bridgehead atoms. The van der Waals surface area contributed by atoms with Crippen LogP contribution in [0.4, 0.5) is 11.5 Å². The molecule has 1 unspecified atom stereocenters. The summed E-state index contributed by atoms with van der Waals surface area (Å²) in [7, 11) is 1.63. The molecule has 2 aromatic heterocycles. The number of hydrogen-bond acceptors (Lipinski definition) is 6. The van der Waals surface area contributed by atoms with Crippen LogP contribution in [-0.2, 0) is 0 Å². The monoisotopic (exact) mass is 389 g/mol. The molecule has 1 aliphatic heterocycles. The number of hydrogen-bond donors (Lipinski definition) is 3. The third-order valence-corrected chi connectivity index (χ3v) is 5.38. The summed E-state index contributed by atoms with van der Waals surface area (Å²) in [6.45, 7) is 3.87. The predicted molar refractivity (Wildman–Crippen MR) is 117 cm³/mol. The predicted octanol–water partition coefficient (Wildman–Crippen LogP) is 3.83. The zero-order valence-corrected chi connectivity index (χ0v) is 16.8. The lowest BCUT2D eigenvalue weighted by atomic mass is 9.96. The van der Waals surface area contributed by atoms with Gasteiger partial charge in [0.2, 0.25) is 5.88 Å². The van der Waals surface area contributed by atoms with Crippen molar-refractivity contribution in [2.45, 2.75) is 24.9 Å². The first-order chi connectivity index (χ1) is 14.2. The number of rotatable bonds is 7. The van der Waals surface area contributed by atoms with Crippen LogP contribution in [0.5, 0.6) is 5.88 Å². The average Bonchev–Trinajstić information content (AvgIpc) is 2.79. The highest BCUT2D eigenvalue weighted by atomic mass is 16.5. The van der Waals surface area contributed by atoms with Gasteiger partial charge in [0.1, 0.15) is 5.82 Å². The highest BCUT2D eigenvalue weighted by Crippen LogP contribution is 2.29. The van der Waals surface area contributed by atoms with Crippen molar-refractivity contribution in [3.05, 3.63) is 78.1 Å². The molecule has 1 aliphatic rings. The van der Waals surface area contributed by atoms with Crippen LogP contribution >= 0.6 is 0 Å². The van der Waals surface area contributed by atoms with Crippen LogP contribution in [0.2, 0.25) is 0 Å². The van der Waals surface area contributed by atoms with Crippen LogP contribution in [-0.4, -0.2) is 36.2 Å². The number of nitrogens with one attached hydrogen (secondary N) is 3. The van der Waals surface area contributed by atoms with E-state index in [0.717, 1.165) is 24.6 Å². The molecule has 3 aromatic rings. The van der Waals surface area contributed by atoms with Gasteiger partial charge in [0.15, 0.2) is 0 Å². The Labute approximate surface area is 171 Å². The van der Waals surface area contributed by atoms with Crippen LogP contribution in [0.15, 0.2) is 67.0 Å². The molecule has 150 valence electrons. The van der Waals surface area contributed by atoms with Gasteiger partial charge >= 0.3 is 0 Å². The summed E-state index contributed by atoms with van der Waals surface area (Å²) < 4.78 is 5.17. The number of aromatic nitrogens is 2. The molecule has 4 rings (SSSR count). The number of pyridine rings is 2. The minimum absolute atomic E-state index is 0.146. The van der Waals surface area contributed by atoms with Crippen molar-refractivity contribution >= 4 is 11.5 Å². The molecule has 6 nitrogen and oxygen atoms in total. The maximum Gasteiger partial charge on any atom is 0.212 e. The molecule has 3 N–H and O–H groups in total. The van der Waals surface area contributed by atoms with E-state index >= 15 is 0 Å². The Bertz CT molecular complexity index is 916. The zero-order valence-electron chi connectivity index (χ0n) is 16.8. The maximum absolute atomic E-state index is 5.17. The number of ether oxygens (including phenoxy) is 1. The largest absolute Gasteiger partial charge is 0.481 e. The molecular formula is C23H27N5O. The van der Waals surface area contributed by atoms with Crippen LogP contribution < -0.4 is 20.7 Å². The summed E-state index contributed by atoms with van der Waals surface area (Å²) in [5.41, 5.74) is 3.49. The first kappa shape index (κ1) is 19.2. The average molecular weight is 390 g/mol. The third-order valence-electron chi connectivity index (χ3n) is 5.38. The summed E-state index contributed by atoms with van der Waals surface area (Å²) >= 11 is 0. The lowest BCUT2D eigenvalue weighted by Crippen LogP contribution is -2.45. The maximum atomic E-state index is 5.17. The van der Waals surface area contributed by atoms with Gasteiger partial charge in [-0.05, 0) is 29.2 Å². The lowest BCUT2D eigenvalue weighted by molar-refractivity contribution is 0.397. The normalized spacial score (nSPS) is 17.4. The second-order valence-electron chi connectivity index (χ2n) is 7.36. The quantitative estimate of drug-likeness (QED) is 0.571. The number of benzene rings is 1. The van der Waals surface area contributed by atoms with Crippen molar-refractivity contribution in [3.63, 3.8) is 0 Å². The molecule has 6 heteroatoms. The van der Waals surface area contributed by atoms with Crippen molar-refractivity contribution in [1.82, 2.24) is 15.3 Å². The Morgan fingerprint density at radius 3 is 2.69 bits per heavy atom. The van der Waals surface area contributed by atoms with Gasteiger partial charge in [-0.2, -0.15) is 0 Å². The third kappa shape index (κ3) is 4.49. The number of fused-ring (bicyclic) bond motifs is 1. The summed E-state index contributed by atoms with van der Waals surface area (Å²) in [4.78, 5) is 8.82. The topological polar surface area (TPSA) is 71.1 Å². The minimum Gasteiger partial charge on any atom is -0.481 e. The van der Waals surface area contributed by atoms with Gasteiger partial charge in [-0.25, -0.2) is 9.97 Å². The van der Waals surface area contributed by atoms with E-state index in [1.165, 1.54) is 11.1 Å². The Balaban J connectivity index is 1.49. The van der Waals surface area contributed by atoms with Gasteiger partial charge in [0, 0.05) is 31.5 Å². The zero-order chi connectivity index (χ0) is 20.1. The SMILES string of the molecule is COc1ccc(C(C)CN[C@H](c2ccccc2)[C@H]2CNc3cccnc3N2)cn1. The van der Waals surface area contributed by atoms with Crippen LogP contribution in [0.1, 0.15) is 30.0 Å². The van der Waals surface area contributed by atoms with Gasteiger partial charge < -0.3 is 20.7 Å². The summed E-state index contributed by atoms with van der Waals surface area (Å²) in [5.74, 6) is 1.86. The molecule has 0 saturated carbocycles. The molecule has 3 heterocycles. The van der Waals surface area contributed by atoms with E-state index in [0.29, 0.717) is 11.8 Å². The summed E-state index contributed by atoms with van der Waals surface area (Å²) in [6, 6.07) is 18.9. The standard InChI is InChI=1S/C23H27N5O/c1-16(18-10-11-21(29-2)26-14-18)13-27-22(17-7-4-3-5-8-17)20-15-25-19-9-6-12-24-23(19)28-20/h3-12,14,16,20,22,25,27H,13,15H2,1-2H3,(H,24,28)/t16?,20-,22-/m1/s1. The van der Waals surface area contributed by atoms with Crippen molar-refractivity contribution in [1.29, 1.82) is 0 Å². The highest BCUT2D eigenvalue weighted by Gasteiger charge is 2.27. The molecule has 3 atom stereocenters. The molecule has 0 saturated heterocycles. The number of methoxy groups -OCH3 is 1. The molecule has 0 fully saturated rings. The fourth-order valence-corrected chi connectivity index (χ4v) is 3.69. The first-order valence-electron chi connectivity index (χ1n) is 9.98. The summed E-state index contributed by atoms with van der Waals surface area (Å²) in [5, 5.41) is 10.9. The molecular weight excluding hydrogens is 362 g/mol. The molecule has 0 spiro atoms. The fraction of sp³-hybridized carbons (Fsp3) is 0.304. The van der Waals surface area contributed by atoms with Gasteiger partial charge in [0.25, 0.3) is 0 Å². The van der Waals surface area contributed by atoms with E-state index in [-0.39, 0.29) is 12.1 Å². The fourth-order valence-electron chi connectivity index (χ4n) is 3.69. The van der Waals surface area contributed by atoms with E-state index in [4.69, 9.17) is 4.74 Å². The molecule has 0 aliphatic carbocycles. The first-order valence-corrected chi connectivity index (χ1v) is 9.98. The molecule has 0 amide bonds. The van der Waals surface area contributed by atoms with Gasteiger partial charge in [-0.15, -0.1) is 0 Å². The Morgan fingerprint density at radius 1 is 1.07 bits per heavy atom. The van der Waals surface area contributed by atoms with E-state index < -0.39 is 0 Å². The van der Waals surface area contributed by atoms with E-state index in [1.807, 2.05) is 24.5 Å². The Hall–Kier alpha value is -3.12. The van der Waals surface area contributed by atoms with Crippen molar-refractivity contribution in [2.24, 2.45) is 0 Å². The Kier molecular flexibility index (Phi) is 5.91. The second-order valence-corrected chi connectivity index (χ2v) is 7.36. The summed E-state index contributed by atoms with van der Waals surface area (Å²) in [6.07, 6.45) is 3.71. The minimum atomic E-state index is 0.146. The van der Waals surface area contributed by atoms with Gasteiger partial charge in [0.05, 0.1) is 24.9 Å². The van der Waals surface area contributed by atoms with E-state index in [1.54, 1.807) is 7.11 Å². The van der Waals surface area contributed by atoms with E-state index in [2.05, 4.69) is 75.3 Å².